The van der Waals surface area contributed by atoms with Crippen LogP contribution in [-0.4, -0.2) is 56.1 Å². The summed E-state index contributed by atoms with van der Waals surface area (Å²) in [6, 6.07) is 10.1. The smallest absolute Gasteiger partial charge is 0.229 e. The molecule has 1 heterocycles. The van der Waals surface area contributed by atoms with E-state index >= 15 is 0 Å². The second-order valence-electron chi connectivity index (χ2n) is 7.97. The molecule has 10 heteroatoms. The fourth-order valence-corrected chi connectivity index (χ4v) is 6.10. The maximum absolute atomic E-state index is 13.3. The van der Waals surface area contributed by atoms with E-state index in [0.29, 0.717) is 23.2 Å². The lowest BCUT2D eigenvalue weighted by Crippen LogP contribution is -2.39. The molecule has 34 heavy (non-hydrogen) atoms. The molecular weight excluding hydrogens is 513 g/mol. The van der Waals surface area contributed by atoms with Gasteiger partial charge in [-0.25, -0.2) is 13.4 Å². The van der Waals surface area contributed by atoms with Gasteiger partial charge in [-0.1, -0.05) is 48.9 Å². The molecule has 6 nitrogen and oxygen atoms in total. The minimum atomic E-state index is -3.60. The van der Waals surface area contributed by atoms with Crippen molar-refractivity contribution in [3.63, 3.8) is 0 Å². The molecule has 0 aliphatic heterocycles. The van der Waals surface area contributed by atoms with Crippen LogP contribution in [-0.2, 0) is 14.6 Å². The Morgan fingerprint density at radius 2 is 1.62 bits per heavy atom. The van der Waals surface area contributed by atoms with Gasteiger partial charge in [-0.3, -0.25) is 9.69 Å². The first-order valence-corrected chi connectivity index (χ1v) is 13.9. The van der Waals surface area contributed by atoms with Crippen molar-refractivity contribution in [2.24, 2.45) is 0 Å². The van der Waals surface area contributed by atoms with Crippen molar-refractivity contribution >= 4 is 66.4 Å². The third kappa shape index (κ3) is 6.70. The van der Waals surface area contributed by atoms with Crippen LogP contribution in [0, 0.1) is 13.8 Å². The van der Waals surface area contributed by atoms with Crippen molar-refractivity contribution in [3.8, 4) is 0 Å². The summed E-state index contributed by atoms with van der Waals surface area (Å²) in [5, 5.41) is 1.08. The maximum Gasteiger partial charge on any atom is 0.229 e. The van der Waals surface area contributed by atoms with Crippen molar-refractivity contribution in [1.82, 2.24) is 9.88 Å². The summed E-state index contributed by atoms with van der Waals surface area (Å²) in [4.78, 5) is 22.1. The van der Waals surface area contributed by atoms with E-state index in [1.54, 1.807) is 17.0 Å². The molecule has 0 saturated heterocycles. The SMILES string of the molecule is CCN(CC)CCN(C(=O)CCS(=O)(=O)c1ccc(Cl)cc1)c1nc2c(C)ccc(C)c2s1.Cl. The average Bonchev–Trinajstić information content (AvgIpc) is 3.24. The molecule has 2 aromatic carbocycles. The van der Waals surface area contributed by atoms with Crippen LogP contribution in [0.1, 0.15) is 31.4 Å². The van der Waals surface area contributed by atoms with Gasteiger partial charge >= 0.3 is 0 Å². The molecule has 3 rings (SSSR count). The van der Waals surface area contributed by atoms with Crippen molar-refractivity contribution in [1.29, 1.82) is 0 Å². The number of carbonyl (C=O) groups is 1. The highest BCUT2D eigenvalue weighted by molar-refractivity contribution is 7.91. The number of likely N-dealkylation sites (N-methyl/N-ethyl adjacent to an activating group) is 1. The van der Waals surface area contributed by atoms with Crippen LogP contribution in [0.5, 0.6) is 0 Å². The predicted molar refractivity (Wildman–Crippen MR) is 145 cm³/mol. The van der Waals surface area contributed by atoms with E-state index in [9.17, 15) is 13.2 Å². The Labute approximate surface area is 217 Å². The van der Waals surface area contributed by atoms with Crippen LogP contribution in [0.3, 0.4) is 0 Å². The number of hydrogen-bond acceptors (Lipinski definition) is 6. The number of anilines is 1. The Hall–Kier alpha value is -1.71. The highest BCUT2D eigenvalue weighted by Crippen LogP contribution is 2.33. The van der Waals surface area contributed by atoms with Crippen LogP contribution in [0.15, 0.2) is 41.3 Å². The summed E-state index contributed by atoms with van der Waals surface area (Å²) in [5.41, 5.74) is 3.06. The van der Waals surface area contributed by atoms with Crippen LogP contribution in [0.2, 0.25) is 5.02 Å². The van der Waals surface area contributed by atoms with E-state index < -0.39 is 9.84 Å². The van der Waals surface area contributed by atoms with Crippen LogP contribution in [0.4, 0.5) is 5.13 Å². The molecule has 0 aliphatic carbocycles. The first-order chi connectivity index (χ1) is 15.7. The van der Waals surface area contributed by atoms with Crippen LogP contribution < -0.4 is 4.90 Å². The highest BCUT2D eigenvalue weighted by atomic mass is 35.5. The third-order valence-corrected chi connectivity index (χ3v) is 8.95. The molecule has 0 spiro atoms. The Balaban J connectivity index is 0.00000408. The van der Waals surface area contributed by atoms with Gasteiger partial charge in [-0.15, -0.1) is 12.4 Å². The monoisotopic (exact) mass is 543 g/mol. The number of carbonyl (C=O) groups excluding carboxylic acids is 1. The number of thiazole rings is 1. The Morgan fingerprint density at radius 1 is 1.00 bits per heavy atom. The van der Waals surface area contributed by atoms with Gasteiger partial charge in [0.1, 0.15) is 0 Å². The topological polar surface area (TPSA) is 70.6 Å². The zero-order chi connectivity index (χ0) is 24.2. The van der Waals surface area contributed by atoms with E-state index in [0.717, 1.165) is 34.4 Å². The lowest BCUT2D eigenvalue weighted by Gasteiger charge is -2.24. The zero-order valence-electron chi connectivity index (χ0n) is 19.9. The molecule has 0 bridgehead atoms. The average molecular weight is 545 g/mol. The fourth-order valence-electron chi connectivity index (χ4n) is 3.59. The molecule has 0 N–H and O–H groups in total. The van der Waals surface area contributed by atoms with E-state index in [1.807, 2.05) is 19.9 Å². The first-order valence-electron chi connectivity index (χ1n) is 11.0. The minimum absolute atomic E-state index is 0. The molecule has 0 radical (unpaired) electrons. The van der Waals surface area contributed by atoms with Gasteiger partial charge in [-0.2, -0.15) is 0 Å². The summed E-state index contributed by atoms with van der Waals surface area (Å²) < 4.78 is 26.6. The van der Waals surface area contributed by atoms with E-state index in [-0.39, 0.29) is 35.4 Å². The maximum atomic E-state index is 13.3. The number of aryl methyl sites for hydroxylation is 2. The molecule has 1 aromatic heterocycles. The van der Waals surface area contributed by atoms with Gasteiger partial charge in [0.25, 0.3) is 0 Å². The number of benzene rings is 2. The van der Waals surface area contributed by atoms with E-state index in [1.165, 1.54) is 23.5 Å². The lowest BCUT2D eigenvalue weighted by atomic mass is 10.1. The molecule has 0 fully saturated rings. The standard InChI is InChI=1S/C24H30ClN3O3S2.ClH/c1-5-27(6-2)14-15-28(24-26-22-17(3)7-8-18(4)23(22)32-24)21(29)13-16-33(30,31)20-11-9-19(25)10-12-20;/h7-12H,5-6,13-16H2,1-4H3;1H. The quantitative estimate of drug-likeness (QED) is 0.336. The van der Waals surface area contributed by atoms with Crippen LogP contribution >= 0.6 is 35.3 Å². The van der Waals surface area contributed by atoms with Gasteiger partial charge in [0, 0.05) is 24.5 Å². The number of hydrogen-bond donors (Lipinski definition) is 0. The molecule has 0 unspecified atom stereocenters. The second-order valence-corrected chi connectivity index (χ2v) is 11.5. The van der Waals surface area contributed by atoms with Gasteiger partial charge in [0.2, 0.25) is 5.91 Å². The highest BCUT2D eigenvalue weighted by Gasteiger charge is 2.24. The lowest BCUT2D eigenvalue weighted by molar-refractivity contribution is -0.118. The Bertz CT molecular complexity index is 1190. The molecule has 1 amide bonds. The number of sulfone groups is 1. The van der Waals surface area contributed by atoms with Gasteiger partial charge < -0.3 is 4.90 Å². The number of halogens is 2. The van der Waals surface area contributed by atoms with Gasteiger partial charge in [0.05, 0.1) is 20.9 Å². The number of nitrogens with zero attached hydrogens (tertiary/aromatic N) is 3. The molecule has 0 aliphatic rings. The normalized spacial score (nSPS) is 11.6. The number of fused-ring (bicyclic) bond motifs is 1. The molecule has 0 saturated carbocycles. The molecular formula is C24H31Cl2N3O3S2. The first kappa shape index (κ1) is 28.5. The molecule has 0 atom stereocenters. The summed E-state index contributed by atoms with van der Waals surface area (Å²) in [6.45, 7) is 11.1. The summed E-state index contributed by atoms with van der Waals surface area (Å²) in [6.07, 6.45) is -0.114. The predicted octanol–water partition coefficient (Wildman–Crippen LogP) is 5.53. The number of aromatic nitrogens is 1. The molecule has 186 valence electrons. The Morgan fingerprint density at radius 3 is 2.21 bits per heavy atom. The minimum Gasteiger partial charge on any atom is -0.302 e. The van der Waals surface area contributed by atoms with Crippen molar-refractivity contribution < 1.29 is 13.2 Å². The Kier molecular flexibility index (Phi) is 10.3. The number of amides is 1. The van der Waals surface area contributed by atoms with Crippen molar-refractivity contribution in [3.05, 3.63) is 52.5 Å². The van der Waals surface area contributed by atoms with Crippen molar-refractivity contribution in [2.45, 2.75) is 39.0 Å². The van der Waals surface area contributed by atoms with Gasteiger partial charge in [0.15, 0.2) is 15.0 Å². The van der Waals surface area contributed by atoms with Gasteiger partial charge in [-0.05, 0) is 62.3 Å². The largest absolute Gasteiger partial charge is 0.302 e. The van der Waals surface area contributed by atoms with E-state index in [2.05, 4.69) is 24.8 Å². The third-order valence-electron chi connectivity index (χ3n) is 5.75. The van der Waals surface area contributed by atoms with Crippen molar-refractivity contribution in [2.75, 3.05) is 36.8 Å². The summed E-state index contributed by atoms with van der Waals surface area (Å²) >= 11 is 7.36. The van der Waals surface area contributed by atoms with E-state index in [4.69, 9.17) is 16.6 Å². The number of rotatable bonds is 10. The fraction of sp³-hybridized carbons (Fsp3) is 0.417. The molecule has 3 aromatic rings. The summed E-state index contributed by atoms with van der Waals surface area (Å²) in [7, 11) is -3.60. The summed E-state index contributed by atoms with van der Waals surface area (Å²) in [5.74, 6) is -0.507. The second kappa shape index (κ2) is 12.3. The zero-order valence-corrected chi connectivity index (χ0v) is 23.1. The van der Waals surface area contributed by atoms with Crippen LogP contribution in [0.25, 0.3) is 10.2 Å².